The highest BCUT2D eigenvalue weighted by Gasteiger charge is 2.37. The molecule has 0 bridgehead atoms. The molecule has 0 radical (unpaired) electrons. The minimum atomic E-state index is -0.828. The van der Waals surface area contributed by atoms with E-state index in [0.717, 1.165) is 38.0 Å². The van der Waals surface area contributed by atoms with Gasteiger partial charge in [0.25, 0.3) is 0 Å². The Morgan fingerprint density at radius 2 is 2.04 bits per heavy atom. The van der Waals surface area contributed by atoms with Crippen LogP contribution in [0.25, 0.3) is 0 Å². The molecule has 1 aromatic carbocycles. The first-order chi connectivity index (χ1) is 12.7. The number of nitrogens with zero attached hydrogens (tertiary/aromatic N) is 2. The fourth-order valence-corrected chi connectivity index (χ4v) is 4.28. The van der Waals surface area contributed by atoms with Gasteiger partial charge in [-0.3, -0.25) is 4.90 Å². The third-order valence-corrected chi connectivity index (χ3v) is 5.86. The molecule has 1 fully saturated rings. The van der Waals surface area contributed by atoms with Gasteiger partial charge in [0.05, 0.1) is 11.6 Å². The molecule has 2 aliphatic rings. The molecule has 1 N–H and O–H groups in total. The second-order valence-electron chi connectivity index (χ2n) is 8.57. The lowest BCUT2D eigenvalue weighted by Gasteiger charge is -2.46. The summed E-state index contributed by atoms with van der Waals surface area (Å²) in [6.07, 6.45) is 0.951. The highest BCUT2D eigenvalue weighted by atomic mass is 16.5. The van der Waals surface area contributed by atoms with Gasteiger partial charge in [0.1, 0.15) is 6.61 Å². The van der Waals surface area contributed by atoms with Crippen LogP contribution in [0.15, 0.2) is 12.1 Å². The lowest BCUT2D eigenvalue weighted by molar-refractivity contribution is 0.0221. The van der Waals surface area contributed by atoms with E-state index in [0.29, 0.717) is 18.7 Å². The van der Waals surface area contributed by atoms with Crippen LogP contribution in [0.2, 0.25) is 0 Å². The summed E-state index contributed by atoms with van der Waals surface area (Å²) in [4.78, 5) is 27.3. The number of fused-ring (bicyclic) bond motifs is 1. The van der Waals surface area contributed by atoms with E-state index in [1.165, 1.54) is 11.1 Å². The summed E-state index contributed by atoms with van der Waals surface area (Å²) < 4.78 is 5.19. The standard InChI is InChI=1S/C21H30N2O4/c1-5-15-14(6-7-16-17(15)13-27-19(16)24)8-9-22-10-11-23(20(25)26)18(12-22)21(2,3)4/h6-7,18H,5,8-13H2,1-4H3,(H,25,26). The summed E-state index contributed by atoms with van der Waals surface area (Å²) in [6, 6.07) is 3.93. The predicted molar refractivity (Wildman–Crippen MR) is 103 cm³/mol. The zero-order chi connectivity index (χ0) is 19.8. The largest absolute Gasteiger partial charge is 0.465 e. The number of carboxylic acid groups (broad SMARTS) is 1. The molecule has 1 aromatic rings. The Kier molecular flexibility index (Phi) is 5.47. The maximum atomic E-state index is 11.8. The number of hydrogen-bond acceptors (Lipinski definition) is 4. The number of amides is 1. The Balaban J connectivity index is 1.71. The monoisotopic (exact) mass is 374 g/mol. The highest BCUT2D eigenvalue weighted by Crippen LogP contribution is 2.29. The molecule has 3 rings (SSSR count). The van der Waals surface area contributed by atoms with Crippen molar-refractivity contribution >= 4 is 12.1 Å². The minimum Gasteiger partial charge on any atom is -0.465 e. The first-order valence-corrected chi connectivity index (χ1v) is 9.75. The summed E-state index contributed by atoms with van der Waals surface area (Å²) in [5.74, 6) is -0.218. The van der Waals surface area contributed by atoms with Crippen LogP contribution in [-0.4, -0.2) is 59.2 Å². The number of benzene rings is 1. The Morgan fingerprint density at radius 3 is 2.67 bits per heavy atom. The van der Waals surface area contributed by atoms with Crippen molar-refractivity contribution < 1.29 is 19.4 Å². The van der Waals surface area contributed by atoms with Crippen molar-refractivity contribution in [1.82, 2.24) is 9.80 Å². The van der Waals surface area contributed by atoms with Crippen molar-refractivity contribution in [2.45, 2.75) is 53.2 Å². The molecule has 2 heterocycles. The summed E-state index contributed by atoms with van der Waals surface area (Å²) in [6.45, 7) is 11.7. The quantitative estimate of drug-likeness (QED) is 0.820. The van der Waals surface area contributed by atoms with Crippen LogP contribution < -0.4 is 0 Å². The zero-order valence-electron chi connectivity index (χ0n) is 16.7. The first kappa shape index (κ1) is 19.7. The van der Waals surface area contributed by atoms with Gasteiger partial charge < -0.3 is 14.7 Å². The van der Waals surface area contributed by atoms with E-state index >= 15 is 0 Å². The summed E-state index contributed by atoms with van der Waals surface area (Å²) in [5.41, 5.74) is 4.15. The Morgan fingerprint density at radius 1 is 1.30 bits per heavy atom. The molecule has 27 heavy (non-hydrogen) atoms. The molecule has 0 aromatic heterocycles. The summed E-state index contributed by atoms with van der Waals surface area (Å²) in [5, 5.41) is 9.51. The van der Waals surface area contributed by atoms with Crippen LogP contribution in [0.4, 0.5) is 4.79 Å². The molecule has 148 valence electrons. The summed E-state index contributed by atoms with van der Waals surface area (Å²) in [7, 11) is 0. The highest BCUT2D eigenvalue weighted by molar-refractivity contribution is 5.94. The zero-order valence-corrected chi connectivity index (χ0v) is 16.7. The fourth-order valence-electron chi connectivity index (χ4n) is 4.28. The van der Waals surface area contributed by atoms with Crippen LogP contribution in [0.3, 0.4) is 0 Å². The Bertz CT molecular complexity index is 738. The van der Waals surface area contributed by atoms with Gasteiger partial charge in [0.2, 0.25) is 0 Å². The molecule has 6 nitrogen and oxygen atoms in total. The Hall–Kier alpha value is -2.08. The van der Waals surface area contributed by atoms with E-state index in [2.05, 4.69) is 38.7 Å². The van der Waals surface area contributed by atoms with Gasteiger partial charge in [0, 0.05) is 31.7 Å². The average Bonchev–Trinajstić information content (AvgIpc) is 2.99. The van der Waals surface area contributed by atoms with Gasteiger partial charge in [-0.25, -0.2) is 9.59 Å². The number of carbonyl (C=O) groups is 2. The maximum Gasteiger partial charge on any atom is 0.407 e. The second-order valence-corrected chi connectivity index (χ2v) is 8.57. The van der Waals surface area contributed by atoms with Crippen molar-refractivity contribution in [2.75, 3.05) is 26.2 Å². The van der Waals surface area contributed by atoms with Gasteiger partial charge in [-0.1, -0.05) is 33.8 Å². The van der Waals surface area contributed by atoms with Gasteiger partial charge in [-0.2, -0.15) is 0 Å². The smallest absolute Gasteiger partial charge is 0.407 e. The molecule has 0 spiro atoms. The number of esters is 1. The van der Waals surface area contributed by atoms with Crippen LogP contribution in [0.5, 0.6) is 0 Å². The molecule has 1 atom stereocenters. The third-order valence-electron chi connectivity index (χ3n) is 5.86. The van der Waals surface area contributed by atoms with Gasteiger partial charge in [-0.15, -0.1) is 0 Å². The first-order valence-electron chi connectivity index (χ1n) is 9.75. The predicted octanol–water partition coefficient (Wildman–Crippen LogP) is 3.17. The fraction of sp³-hybridized carbons (Fsp3) is 0.619. The van der Waals surface area contributed by atoms with Crippen molar-refractivity contribution in [1.29, 1.82) is 0 Å². The maximum absolute atomic E-state index is 11.8. The molecule has 1 amide bonds. The number of rotatable bonds is 4. The molecule has 6 heteroatoms. The SMILES string of the molecule is CCc1c(CCN2CCN(C(=O)O)C(C(C)(C)C)C2)ccc2c1COC2=O. The van der Waals surface area contributed by atoms with E-state index < -0.39 is 6.09 Å². The van der Waals surface area contributed by atoms with E-state index in [9.17, 15) is 14.7 Å². The average molecular weight is 374 g/mol. The summed E-state index contributed by atoms with van der Waals surface area (Å²) >= 11 is 0. The topological polar surface area (TPSA) is 70.1 Å². The normalized spacial score (nSPS) is 20.5. The lowest BCUT2D eigenvalue weighted by atomic mass is 9.84. The van der Waals surface area contributed by atoms with Crippen LogP contribution in [0, 0.1) is 5.41 Å². The van der Waals surface area contributed by atoms with Gasteiger partial charge in [0.15, 0.2) is 0 Å². The van der Waals surface area contributed by atoms with Crippen LogP contribution >= 0.6 is 0 Å². The van der Waals surface area contributed by atoms with Crippen molar-refractivity contribution in [2.24, 2.45) is 5.41 Å². The van der Waals surface area contributed by atoms with Crippen LogP contribution in [-0.2, 0) is 24.2 Å². The van der Waals surface area contributed by atoms with Crippen LogP contribution in [0.1, 0.15) is 54.7 Å². The van der Waals surface area contributed by atoms with Crippen molar-refractivity contribution in [3.8, 4) is 0 Å². The molecule has 2 aliphatic heterocycles. The number of hydrogen-bond donors (Lipinski definition) is 1. The molecule has 1 saturated heterocycles. The molecular formula is C21H30N2O4. The molecule has 0 saturated carbocycles. The van der Waals surface area contributed by atoms with Gasteiger partial charge in [-0.05, 0) is 35.4 Å². The Labute approximate surface area is 161 Å². The molecule has 0 aliphatic carbocycles. The molecular weight excluding hydrogens is 344 g/mol. The van der Waals surface area contributed by atoms with E-state index in [1.807, 2.05) is 6.07 Å². The minimum absolute atomic E-state index is 0.0135. The lowest BCUT2D eigenvalue weighted by Crippen LogP contribution is -2.59. The number of ether oxygens (including phenoxy) is 1. The van der Waals surface area contributed by atoms with E-state index in [1.54, 1.807) is 4.90 Å². The number of cyclic esters (lactones) is 1. The molecule has 1 unspecified atom stereocenters. The van der Waals surface area contributed by atoms with Crippen molar-refractivity contribution in [3.63, 3.8) is 0 Å². The number of carbonyl (C=O) groups excluding carboxylic acids is 1. The van der Waals surface area contributed by atoms with Gasteiger partial charge >= 0.3 is 12.1 Å². The second kappa shape index (κ2) is 7.50. The van der Waals surface area contributed by atoms with Crippen molar-refractivity contribution in [3.05, 3.63) is 34.4 Å². The van der Waals surface area contributed by atoms with E-state index in [4.69, 9.17) is 4.74 Å². The van der Waals surface area contributed by atoms with E-state index in [-0.39, 0.29) is 17.4 Å². The number of piperazine rings is 1. The third kappa shape index (κ3) is 3.95.